The van der Waals surface area contributed by atoms with Crippen molar-refractivity contribution in [3.05, 3.63) is 29.8 Å². The minimum absolute atomic E-state index is 0.0999. The molecule has 0 aromatic heterocycles. The molecule has 0 saturated carbocycles. The molecule has 1 amide bonds. The van der Waals surface area contributed by atoms with Crippen molar-refractivity contribution < 1.29 is 4.79 Å². The lowest BCUT2D eigenvalue weighted by atomic mass is 10.1. The summed E-state index contributed by atoms with van der Waals surface area (Å²) < 4.78 is 0. The van der Waals surface area contributed by atoms with E-state index in [1.807, 2.05) is 12.1 Å². The minimum Gasteiger partial charge on any atom is -0.361 e. The van der Waals surface area contributed by atoms with Gasteiger partial charge in [-0.3, -0.25) is 4.79 Å². The van der Waals surface area contributed by atoms with Crippen LogP contribution in [0.1, 0.15) is 26.3 Å². The van der Waals surface area contributed by atoms with Crippen LogP contribution in [0.5, 0.6) is 0 Å². The van der Waals surface area contributed by atoms with E-state index in [9.17, 15) is 4.79 Å². The van der Waals surface area contributed by atoms with Crippen molar-refractivity contribution in [3.8, 4) is 0 Å². The highest BCUT2D eigenvalue weighted by Gasteiger charge is 2.18. The molecule has 1 atom stereocenters. The number of rotatable bonds is 4. The predicted octanol–water partition coefficient (Wildman–Crippen LogP) is 1.76. The van der Waals surface area contributed by atoms with E-state index in [0.717, 1.165) is 19.6 Å². The zero-order valence-corrected chi connectivity index (χ0v) is 12.6. The zero-order valence-electron chi connectivity index (χ0n) is 12.6. The number of amides is 1. The zero-order chi connectivity index (χ0) is 14.5. The van der Waals surface area contributed by atoms with Crippen LogP contribution < -0.4 is 15.5 Å². The van der Waals surface area contributed by atoms with E-state index in [0.29, 0.717) is 12.5 Å². The fourth-order valence-electron chi connectivity index (χ4n) is 2.33. The minimum atomic E-state index is 0.0999. The molecule has 0 bridgehead atoms. The van der Waals surface area contributed by atoms with E-state index in [2.05, 4.69) is 48.4 Å². The first-order valence-corrected chi connectivity index (χ1v) is 7.41. The highest BCUT2D eigenvalue weighted by Crippen LogP contribution is 2.21. The van der Waals surface area contributed by atoms with Crippen molar-refractivity contribution in [2.24, 2.45) is 5.92 Å². The summed E-state index contributed by atoms with van der Waals surface area (Å²) in [7, 11) is 0. The van der Waals surface area contributed by atoms with Crippen LogP contribution in [-0.2, 0) is 11.3 Å². The van der Waals surface area contributed by atoms with E-state index in [4.69, 9.17) is 0 Å². The number of para-hydroxylation sites is 1. The molecule has 0 spiro atoms. The lowest BCUT2D eigenvalue weighted by Gasteiger charge is -2.25. The summed E-state index contributed by atoms with van der Waals surface area (Å²) in [5, 5.41) is 6.47. The molecular formula is C16H25N3O. The topological polar surface area (TPSA) is 44.4 Å². The lowest BCUT2D eigenvalue weighted by molar-refractivity contribution is -0.120. The van der Waals surface area contributed by atoms with E-state index in [1.165, 1.54) is 11.3 Å². The molecule has 1 heterocycles. The summed E-state index contributed by atoms with van der Waals surface area (Å²) >= 11 is 0. The number of hydrogen-bond donors (Lipinski definition) is 2. The van der Waals surface area contributed by atoms with Gasteiger partial charge in [0.05, 0.1) is 6.54 Å². The number of nitrogens with zero attached hydrogens (tertiary/aromatic N) is 1. The molecule has 2 rings (SSSR count). The normalized spacial score (nSPS) is 16.5. The van der Waals surface area contributed by atoms with Crippen LogP contribution in [0.2, 0.25) is 0 Å². The molecule has 0 aliphatic carbocycles. The first-order chi connectivity index (χ1) is 9.58. The van der Waals surface area contributed by atoms with Crippen LogP contribution in [-0.4, -0.2) is 31.6 Å². The maximum absolute atomic E-state index is 12.2. The number of carbonyl (C=O) groups excluding carboxylic acids is 1. The van der Waals surface area contributed by atoms with E-state index < -0.39 is 0 Å². The number of carbonyl (C=O) groups is 1. The largest absolute Gasteiger partial charge is 0.361 e. The number of nitrogens with one attached hydrogen (secondary N) is 2. The molecule has 1 unspecified atom stereocenters. The molecule has 1 aliphatic heterocycles. The smallest absolute Gasteiger partial charge is 0.239 e. The summed E-state index contributed by atoms with van der Waals surface area (Å²) in [6.45, 7) is 9.36. The van der Waals surface area contributed by atoms with Gasteiger partial charge in [-0.2, -0.15) is 0 Å². The molecule has 20 heavy (non-hydrogen) atoms. The van der Waals surface area contributed by atoms with Crippen molar-refractivity contribution in [1.82, 2.24) is 10.6 Å². The number of fused-ring (bicyclic) bond motifs is 1. The second kappa shape index (κ2) is 6.75. The second-order valence-corrected chi connectivity index (χ2v) is 5.83. The number of hydrogen-bond acceptors (Lipinski definition) is 3. The van der Waals surface area contributed by atoms with Crippen LogP contribution in [0.4, 0.5) is 5.69 Å². The Morgan fingerprint density at radius 2 is 2.10 bits per heavy atom. The maximum Gasteiger partial charge on any atom is 0.239 e. The van der Waals surface area contributed by atoms with Crippen LogP contribution in [0.3, 0.4) is 0 Å². The summed E-state index contributed by atoms with van der Waals surface area (Å²) in [5.41, 5.74) is 2.43. The van der Waals surface area contributed by atoms with Gasteiger partial charge in [-0.25, -0.2) is 0 Å². The Bertz CT molecular complexity index is 459. The van der Waals surface area contributed by atoms with Gasteiger partial charge in [0.2, 0.25) is 5.91 Å². The summed E-state index contributed by atoms with van der Waals surface area (Å²) in [6, 6.07) is 8.51. The molecule has 0 radical (unpaired) electrons. The van der Waals surface area contributed by atoms with E-state index in [1.54, 1.807) is 0 Å². The highest BCUT2D eigenvalue weighted by molar-refractivity contribution is 5.82. The average Bonchev–Trinajstić information content (AvgIpc) is 2.61. The molecule has 0 saturated heterocycles. The highest BCUT2D eigenvalue weighted by atomic mass is 16.2. The van der Waals surface area contributed by atoms with Gasteiger partial charge >= 0.3 is 0 Å². The van der Waals surface area contributed by atoms with Crippen molar-refractivity contribution >= 4 is 11.6 Å². The Labute approximate surface area is 121 Å². The van der Waals surface area contributed by atoms with Crippen molar-refractivity contribution in [1.29, 1.82) is 0 Å². The maximum atomic E-state index is 12.2. The van der Waals surface area contributed by atoms with Crippen molar-refractivity contribution in [2.45, 2.75) is 33.4 Å². The van der Waals surface area contributed by atoms with Crippen LogP contribution >= 0.6 is 0 Å². The van der Waals surface area contributed by atoms with Gasteiger partial charge in [0.25, 0.3) is 0 Å². The molecule has 0 fully saturated rings. The van der Waals surface area contributed by atoms with Crippen LogP contribution in [0.15, 0.2) is 24.3 Å². The van der Waals surface area contributed by atoms with Gasteiger partial charge in [-0.1, -0.05) is 32.0 Å². The quantitative estimate of drug-likeness (QED) is 0.880. The first kappa shape index (κ1) is 14.9. The SMILES string of the molecule is CC(C)C(C)NC(=O)CN1CCNCc2ccccc21. The Morgan fingerprint density at radius 1 is 1.35 bits per heavy atom. The fraction of sp³-hybridized carbons (Fsp3) is 0.562. The van der Waals surface area contributed by atoms with E-state index >= 15 is 0 Å². The standard InChI is InChI=1S/C16H25N3O/c1-12(2)13(3)18-16(20)11-19-9-8-17-10-14-6-4-5-7-15(14)19/h4-7,12-13,17H,8-11H2,1-3H3,(H,18,20). The molecule has 110 valence electrons. The summed E-state index contributed by atoms with van der Waals surface area (Å²) in [5.74, 6) is 0.555. The van der Waals surface area contributed by atoms with Gasteiger partial charge in [0.1, 0.15) is 0 Å². The number of benzene rings is 1. The third-order valence-corrected chi connectivity index (χ3v) is 3.93. The molecule has 2 N–H and O–H groups in total. The van der Waals surface area contributed by atoms with Gasteiger partial charge in [0, 0.05) is 31.4 Å². The molecule has 1 aromatic carbocycles. The van der Waals surface area contributed by atoms with Crippen molar-refractivity contribution in [3.63, 3.8) is 0 Å². The average molecular weight is 275 g/mol. The van der Waals surface area contributed by atoms with E-state index in [-0.39, 0.29) is 11.9 Å². The fourth-order valence-corrected chi connectivity index (χ4v) is 2.33. The molecule has 4 heteroatoms. The Hall–Kier alpha value is -1.55. The van der Waals surface area contributed by atoms with Gasteiger partial charge in [-0.05, 0) is 24.5 Å². The van der Waals surface area contributed by atoms with Crippen molar-refractivity contribution in [2.75, 3.05) is 24.5 Å². The Kier molecular flexibility index (Phi) is 5.01. The molecule has 1 aliphatic rings. The third kappa shape index (κ3) is 3.73. The third-order valence-electron chi connectivity index (χ3n) is 3.93. The molecular weight excluding hydrogens is 250 g/mol. The van der Waals surface area contributed by atoms with Gasteiger partial charge < -0.3 is 15.5 Å². The van der Waals surface area contributed by atoms with Crippen LogP contribution in [0, 0.1) is 5.92 Å². The Morgan fingerprint density at radius 3 is 2.85 bits per heavy atom. The van der Waals surface area contributed by atoms with Gasteiger partial charge in [0.15, 0.2) is 0 Å². The summed E-state index contributed by atoms with van der Waals surface area (Å²) in [4.78, 5) is 14.3. The van der Waals surface area contributed by atoms with Crippen LogP contribution in [0.25, 0.3) is 0 Å². The summed E-state index contributed by atoms with van der Waals surface area (Å²) in [6.07, 6.45) is 0. The van der Waals surface area contributed by atoms with Gasteiger partial charge in [-0.15, -0.1) is 0 Å². The predicted molar refractivity (Wildman–Crippen MR) is 82.8 cm³/mol. The Balaban J connectivity index is 2.04. The molecule has 4 nitrogen and oxygen atoms in total. The number of anilines is 1. The lowest BCUT2D eigenvalue weighted by Crippen LogP contribution is -2.44. The monoisotopic (exact) mass is 275 g/mol. The first-order valence-electron chi connectivity index (χ1n) is 7.41. The second-order valence-electron chi connectivity index (χ2n) is 5.83. The molecule has 1 aromatic rings.